The van der Waals surface area contributed by atoms with Gasteiger partial charge in [-0.2, -0.15) is 5.10 Å². The van der Waals surface area contributed by atoms with Crippen LogP contribution in [0.25, 0.3) is 0 Å². The van der Waals surface area contributed by atoms with Crippen molar-refractivity contribution in [3.8, 4) is 0 Å². The molecule has 0 aromatic carbocycles. The van der Waals surface area contributed by atoms with E-state index in [1.54, 1.807) is 0 Å². The van der Waals surface area contributed by atoms with Crippen molar-refractivity contribution in [2.24, 2.45) is 0 Å². The van der Waals surface area contributed by atoms with Gasteiger partial charge >= 0.3 is 5.97 Å². The molecule has 2 aliphatic rings. The molecule has 120 valence electrons. The SMILES string of the molecule is O=C(O)c1cnc(N2CCCC3(CCc4cn[nH]c43)C2)c(Cl)c1. The quantitative estimate of drug-likeness (QED) is 0.883. The number of piperidine rings is 1. The van der Waals surface area contributed by atoms with E-state index in [0.29, 0.717) is 10.8 Å². The molecular formula is C16H17ClN4O2. The van der Waals surface area contributed by atoms with Crippen molar-refractivity contribution in [1.82, 2.24) is 15.2 Å². The number of carbonyl (C=O) groups is 1. The molecule has 1 spiro atoms. The molecule has 23 heavy (non-hydrogen) atoms. The number of carboxylic acid groups (broad SMARTS) is 1. The predicted molar refractivity (Wildman–Crippen MR) is 86.2 cm³/mol. The Labute approximate surface area is 138 Å². The van der Waals surface area contributed by atoms with Gasteiger partial charge in [-0.15, -0.1) is 0 Å². The van der Waals surface area contributed by atoms with E-state index in [0.717, 1.165) is 38.8 Å². The number of hydrogen-bond donors (Lipinski definition) is 2. The number of fused-ring (bicyclic) bond motifs is 2. The molecule has 0 bridgehead atoms. The zero-order chi connectivity index (χ0) is 16.0. The van der Waals surface area contributed by atoms with Gasteiger partial charge in [0.05, 0.1) is 16.8 Å². The summed E-state index contributed by atoms with van der Waals surface area (Å²) < 4.78 is 0. The summed E-state index contributed by atoms with van der Waals surface area (Å²) in [6, 6.07) is 1.48. The van der Waals surface area contributed by atoms with Crippen molar-refractivity contribution in [2.75, 3.05) is 18.0 Å². The summed E-state index contributed by atoms with van der Waals surface area (Å²) >= 11 is 6.29. The first-order chi connectivity index (χ1) is 11.1. The first-order valence-corrected chi connectivity index (χ1v) is 8.13. The van der Waals surface area contributed by atoms with Crippen LogP contribution >= 0.6 is 11.6 Å². The van der Waals surface area contributed by atoms with Gasteiger partial charge in [0, 0.05) is 30.4 Å². The summed E-state index contributed by atoms with van der Waals surface area (Å²) in [4.78, 5) is 17.5. The number of rotatable bonds is 2. The molecule has 1 aliphatic heterocycles. The molecule has 7 heteroatoms. The van der Waals surface area contributed by atoms with Crippen LogP contribution in [0.3, 0.4) is 0 Å². The molecule has 1 aliphatic carbocycles. The number of carboxylic acids is 1. The Kier molecular flexibility index (Phi) is 3.30. The van der Waals surface area contributed by atoms with Crippen LogP contribution in [0.5, 0.6) is 0 Å². The summed E-state index contributed by atoms with van der Waals surface area (Å²) in [5.41, 5.74) is 2.76. The topological polar surface area (TPSA) is 82.1 Å². The normalized spacial score (nSPS) is 23.3. The number of halogens is 1. The maximum atomic E-state index is 11.0. The Morgan fingerprint density at radius 2 is 2.26 bits per heavy atom. The van der Waals surface area contributed by atoms with E-state index in [-0.39, 0.29) is 11.0 Å². The first kappa shape index (κ1) is 14.5. The van der Waals surface area contributed by atoms with E-state index < -0.39 is 5.97 Å². The lowest BCUT2D eigenvalue weighted by molar-refractivity contribution is 0.0696. The van der Waals surface area contributed by atoms with Crippen molar-refractivity contribution >= 4 is 23.4 Å². The second kappa shape index (κ2) is 5.23. The van der Waals surface area contributed by atoms with E-state index in [1.165, 1.54) is 23.5 Å². The molecule has 0 amide bonds. The number of aromatic nitrogens is 3. The second-order valence-electron chi connectivity index (χ2n) is 6.41. The fourth-order valence-electron chi connectivity index (χ4n) is 3.96. The number of aryl methyl sites for hydroxylation is 1. The summed E-state index contributed by atoms with van der Waals surface area (Å²) in [7, 11) is 0. The standard InChI is InChI=1S/C16H17ClN4O2/c17-12-6-11(15(22)23)7-18-14(12)21-5-1-3-16(9-21)4-2-10-8-19-20-13(10)16/h6-8H,1-5,9H2,(H,19,20)(H,22,23). The highest BCUT2D eigenvalue weighted by atomic mass is 35.5. The first-order valence-electron chi connectivity index (χ1n) is 7.76. The molecule has 1 unspecified atom stereocenters. The zero-order valence-corrected chi connectivity index (χ0v) is 13.3. The van der Waals surface area contributed by atoms with Crippen molar-refractivity contribution in [1.29, 1.82) is 0 Å². The van der Waals surface area contributed by atoms with Gasteiger partial charge < -0.3 is 10.0 Å². The van der Waals surface area contributed by atoms with Crippen LogP contribution in [0.1, 0.15) is 40.9 Å². The summed E-state index contributed by atoms with van der Waals surface area (Å²) in [5, 5.41) is 16.8. The predicted octanol–water partition coefficient (Wildman–Crippen LogP) is 2.64. The third-order valence-electron chi connectivity index (χ3n) is 5.07. The molecule has 4 rings (SSSR count). The lowest BCUT2D eigenvalue weighted by atomic mass is 9.77. The van der Waals surface area contributed by atoms with E-state index in [4.69, 9.17) is 16.7 Å². The van der Waals surface area contributed by atoms with Gasteiger partial charge in [0.1, 0.15) is 5.82 Å². The number of aromatic carboxylic acids is 1. The highest BCUT2D eigenvalue weighted by Crippen LogP contribution is 2.45. The minimum atomic E-state index is -1.01. The number of nitrogens with one attached hydrogen (secondary N) is 1. The molecule has 0 saturated carbocycles. The Balaban J connectivity index is 1.65. The number of aromatic amines is 1. The maximum absolute atomic E-state index is 11.0. The molecule has 1 fully saturated rings. The lowest BCUT2D eigenvalue weighted by Crippen LogP contribution is -2.45. The monoisotopic (exact) mass is 332 g/mol. The highest BCUT2D eigenvalue weighted by molar-refractivity contribution is 6.33. The summed E-state index contributed by atoms with van der Waals surface area (Å²) in [5.74, 6) is -0.345. The molecule has 1 atom stereocenters. The van der Waals surface area contributed by atoms with E-state index in [2.05, 4.69) is 20.1 Å². The second-order valence-corrected chi connectivity index (χ2v) is 6.82. The maximum Gasteiger partial charge on any atom is 0.337 e. The summed E-state index contributed by atoms with van der Waals surface area (Å²) in [6.45, 7) is 1.71. The molecule has 3 heterocycles. The van der Waals surface area contributed by atoms with Gasteiger partial charge in [0.2, 0.25) is 0 Å². The minimum Gasteiger partial charge on any atom is -0.478 e. The molecule has 2 aromatic rings. The third kappa shape index (κ3) is 2.28. The fourth-order valence-corrected chi connectivity index (χ4v) is 4.25. The van der Waals surface area contributed by atoms with Crippen molar-refractivity contribution in [2.45, 2.75) is 31.1 Å². The van der Waals surface area contributed by atoms with Crippen LogP contribution in [-0.4, -0.2) is 39.3 Å². The van der Waals surface area contributed by atoms with E-state index in [9.17, 15) is 4.79 Å². The molecule has 0 radical (unpaired) electrons. The molecule has 6 nitrogen and oxygen atoms in total. The lowest BCUT2D eigenvalue weighted by Gasteiger charge is -2.41. The van der Waals surface area contributed by atoms with Crippen LogP contribution in [-0.2, 0) is 11.8 Å². The fraction of sp³-hybridized carbons (Fsp3) is 0.438. The Bertz CT molecular complexity index is 775. The summed E-state index contributed by atoms with van der Waals surface area (Å²) in [6.07, 6.45) is 7.65. The van der Waals surface area contributed by atoms with Crippen LogP contribution in [0.4, 0.5) is 5.82 Å². The van der Waals surface area contributed by atoms with Crippen LogP contribution in [0, 0.1) is 0 Å². The zero-order valence-electron chi connectivity index (χ0n) is 12.5. The average Bonchev–Trinajstić information content (AvgIpc) is 3.12. The molecule has 2 N–H and O–H groups in total. The number of H-pyrrole nitrogens is 1. The Morgan fingerprint density at radius 3 is 3.04 bits per heavy atom. The smallest absolute Gasteiger partial charge is 0.337 e. The van der Waals surface area contributed by atoms with Crippen molar-refractivity contribution in [3.05, 3.63) is 40.3 Å². The number of hydrogen-bond acceptors (Lipinski definition) is 4. The third-order valence-corrected chi connectivity index (χ3v) is 5.34. The van der Waals surface area contributed by atoms with Crippen molar-refractivity contribution < 1.29 is 9.90 Å². The number of pyridine rings is 1. The van der Waals surface area contributed by atoms with Crippen molar-refractivity contribution in [3.63, 3.8) is 0 Å². The van der Waals surface area contributed by atoms with Gasteiger partial charge in [0.15, 0.2) is 0 Å². The van der Waals surface area contributed by atoms with Gasteiger partial charge in [-0.05, 0) is 37.3 Å². The van der Waals surface area contributed by atoms with Crippen LogP contribution in [0.15, 0.2) is 18.5 Å². The largest absolute Gasteiger partial charge is 0.478 e. The van der Waals surface area contributed by atoms with Gasteiger partial charge in [-0.25, -0.2) is 9.78 Å². The van der Waals surface area contributed by atoms with Gasteiger partial charge in [0.25, 0.3) is 0 Å². The van der Waals surface area contributed by atoms with Gasteiger partial charge in [-0.3, -0.25) is 5.10 Å². The van der Waals surface area contributed by atoms with E-state index in [1.807, 2.05) is 6.20 Å². The average molecular weight is 333 g/mol. The minimum absolute atomic E-state index is 0.0839. The van der Waals surface area contributed by atoms with Crippen LogP contribution in [0.2, 0.25) is 5.02 Å². The molecular weight excluding hydrogens is 316 g/mol. The highest BCUT2D eigenvalue weighted by Gasteiger charge is 2.44. The Morgan fingerprint density at radius 1 is 1.39 bits per heavy atom. The molecule has 1 saturated heterocycles. The Hall–Kier alpha value is -2.08. The van der Waals surface area contributed by atoms with Gasteiger partial charge in [-0.1, -0.05) is 11.6 Å². The van der Waals surface area contributed by atoms with Crippen LogP contribution < -0.4 is 4.90 Å². The molecule has 2 aromatic heterocycles. The number of nitrogens with zero attached hydrogens (tertiary/aromatic N) is 3. The van der Waals surface area contributed by atoms with E-state index >= 15 is 0 Å². The number of anilines is 1.